The van der Waals surface area contributed by atoms with Crippen LogP contribution in [0.15, 0.2) is 12.2 Å². The van der Waals surface area contributed by atoms with Gasteiger partial charge >= 0.3 is 5.97 Å². The van der Waals surface area contributed by atoms with Gasteiger partial charge in [0.1, 0.15) is 0 Å². The molecule has 4 atom stereocenters. The van der Waals surface area contributed by atoms with E-state index in [1.807, 2.05) is 26.0 Å². The highest BCUT2D eigenvalue weighted by Crippen LogP contribution is 2.39. The molecule has 2 aliphatic rings. The van der Waals surface area contributed by atoms with Crippen molar-refractivity contribution < 1.29 is 14.3 Å². The number of esters is 1. The van der Waals surface area contributed by atoms with Crippen molar-refractivity contribution >= 4 is 5.97 Å². The van der Waals surface area contributed by atoms with Gasteiger partial charge in [0.2, 0.25) is 0 Å². The lowest BCUT2D eigenvalue weighted by Crippen LogP contribution is -2.31. The third-order valence-corrected chi connectivity index (χ3v) is 2.80. The zero-order chi connectivity index (χ0) is 9.42. The monoisotopic (exact) mass is 182 g/mol. The highest BCUT2D eigenvalue weighted by molar-refractivity contribution is 5.74. The molecule has 0 aromatic rings. The van der Waals surface area contributed by atoms with Crippen LogP contribution in [0.5, 0.6) is 0 Å². The van der Waals surface area contributed by atoms with Gasteiger partial charge in [-0.15, -0.1) is 0 Å². The zero-order valence-electron chi connectivity index (χ0n) is 7.90. The highest BCUT2D eigenvalue weighted by atomic mass is 16.5. The first kappa shape index (κ1) is 8.75. The summed E-state index contributed by atoms with van der Waals surface area (Å²) in [7, 11) is 0. The molecule has 2 heterocycles. The van der Waals surface area contributed by atoms with Crippen LogP contribution in [-0.2, 0) is 14.3 Å². The molecule has 0 saturated carbocycles. The lowest BCUT2D eigenvalue weighted by molar-refractivity contribution is -0.150. The summed E-state index contributed by atoms with van der Waals surface area (Å²) in [6, 6.07) is 0. The smallest absolute Gasteiger partial charge is 0.312 e. The van der Waals surface area contributed by atoms with Crippen LogP contribution in [0.25, 0.3) is 0 Å². The number of carbonyl (C=O) groups excluding carboxylic acids is 1. The summed E-state index contributed by atoms with van der Waals surface area (Å²) in [5.41, 5.74) is 0. The Morgan fingerprint density at radius 2 is 2.15 bits per heavy atom. The predicted octanol–water partition coefficient (Wildman–Crippen LogP) is 1.14. The van der Waals surface area contributed by atoms with Crippen molar-refractivity contribution in [3.05, 3.63) is 12.2 Å². The molecule has 0 aromatic carbocycles. The number of hydrogen-bond acceptors (Lipinski definition) is 3. The molecule has 3 heteroatoms. The maximum Gasteiger partial charge on any atom is 0.312 e. The standard InChI is InChI=1S/C10H14O3/c1-3-12-10(11)9-6(2)7-4-5-8(9)13-7/h4-9H,3H2,1-2H3. The zero-order valence-corrected chi connectivity index (χ0v) is 7.90. The van der Waals surface area contributed by atoms with Crippen LogP contribution in [0.1, 0.15) is 13.8 Å². The number of fused-ring (bicyclic) bond motifs is 2. The van der Waals surface area contributed by atoms with E-state index >= 15 is 0 Å². The Morgan fingerprint density at radius 1 is 1.46 bits per heavy atom. The molecule has 72 valence electrons. The van der Waals surface area contributed by atoms with Crippen molar-refractivity contribution in [2.75, 3.05) is 6.61 Å². The van der Waals surface area contributed by atoms with Crippen LogP contribution >= 0.6 is 0 Å². The van der Waals surface area contributed by atoms with E-state index in [4.69, 9.17) is 9.47 Å². The van der Waals surface area contributed by atoms with Crippen molar-refractivity contribution in [2.24, 2.45) is 11.8 Å². The summed E-state index contributed by atoms with van der Waals surface area (Å²) in [4.78, 5) is 11.5. The van der Waals surface area contributed by atoms with Crippen molar-refractivity contribution in [3.8, 4) is 0 Å². The van der Waals surface area contributed by atoms with Gasteiger partial charge in [0.15, 0.2) is 0 Å². The van der Waals surface area contributed by atoms with Crippen molar-refractivity contribution in [3.63, 3.8) is 0 Å². The maximum absolute atomic E-state index is 11.5. The summed E-state index contributed by atoms with van der Waals surface area (Å²) in [5.74, 6) is 0.0517. The molecule has 0 aliphatic carbocycles. The minimum Gasteiger partial charge on any atom is -0.466 e. The first-order chi connectivity index (χ1) is 6.24. The molecular formula is C10H14O3. The van der Waals surface area contributed by atoms with E-state index in [2.05, 4.69) is 0 Å². The van der Waals surface area contributed by atoms with Gasteiger partial charge in [-0.3, -0.25) is 4.79 Å². The molecule has 0 radical (unpaired) electrons. The SMILES string of the molecule is CCOC(=O)C1C2C=CC(O2)C1C. The minimum absolute atomic E-state index is 0.0425. The van der Waals surface area contributed by atoms with Gasteiger partial charge in [-0.05, 0) is 6.92 Å². The van der Waals surface area contributed by atoms with E-state index in [1.54, 1.807) is 0 Å². The molecular weight excluding hydrogens is 168 g/mol. The lowest BCUT2D eigenvalue weighted by Gasteiger charge is -2.19. The van der Waals surface area contributed by atoms with Crippen molar-refractivity contribution in [2.45, 2.75) is 26.1 Å². The van der Waals surface area contributed by atoms with Crippen LogP contribution < -0.4 is 0 Å². The molecule has 4 unspecified atom stereocenters. The Bertz CT molecular complexity index is 247. The molecule has 1 fully saturated rings. The van der Waals surface area contributed by atoms with Crippen molar-refractivity contribution in [1.29, 1.82) is 0 Å². The largest absolute Gasteiger partial charge is 0.466 e. The lowest BCUT2D eigenvalue weighted by atomic mass is 9.84. The molecule has 3 nitrogen and oxygen atoms in total. The fourth-order valence-corrected chi connectivity index (χ4v) is 2.09. The summed E-state index contributed by atoms with van der Waals surface area (Å²) in [5, 5.41) is 0. The molecule has 13 heavy (non-hydrogen) atoms. The van der Waals surface area contributed by atoms with E-state index in [-0.39, 0.29) is 30.0 Å². The van der Waals surface area contributed by atoms with Crippen LogP contribution in [0, 0.1) is 11.8 Å². The molecule has 0 amide bonds. The predicted molar refractivity (Wildman–Crippen MR) is 47.1 cm³/mol. The second kappa shape index (κ2) is 3.14. The second-order valence-electron chi connectivity index (χ2n) is 3.59. The second-order valence-corrected chi connectivity index (χ2v) is 3.59. The number of ether oxygens (including phenoxy) is 2. The maximum atomic E-state index is 11.5. The summed E-state index contributed by atoms with van der Waals surface area (Å²) in [6.45, 7) is 4.31. The van der Waals surface area contributed by atoms with Crippen LogP contribution in [0.4, 0.5) is 0 Å². The van der Waals surface area contributed by atoms with Crippen molar-refractivity contribution in [1.82, 2.24) is 0 Å². The average Bonchev–Trinajstić information content (AvgIpc) is 2.63. The molecule has 0 spiro atoms. The summed E-state index contributed by atoms with van der Waals surface area (Å²) < 4.78 is 10.5. The first-order valence-corrected chi connectivity index (χ1v) is 4.74. The molecule has 1 saturated heterocycles. The summed E-state index contributed by atoms with van der Waals surface area (Å²) in [6.07, 6.45) is 4.08. The Kier molecular flexibility index (Phi) is 2.12. The Morgan fingerprint density at radius 3 is 2.69 bits per heavy atom. The number of rotatable bonds is 2. The fraction of sp³-hybridized carbons (Fsp3) is 0.700. The van der Waals surface area contributed by atoms with Gasteiger partial charge in [-0.25, -0.2) is 0 Å². The third-order valence-electron chi connectivity index (χ3n) is 2.80. The topological polar surface area (TPSA) is 35.5 Å². The van der Waals surface area contributed by atoms with Gasteiger partial charge in [-0.2, -0.15) is 0 Å². The quantitative estimate of drug-likeness (QED) is 0.474. The third kappa shape index (κ3) is 1.27. The summed E-state index contributed by atoms with van der Waals surface area (Å²) >= 11 is 0. The van der Waals surface area contributed by atoms with Crippen LogP contribution in [-0.4, -0.2) is 24.8 Å². The van der Waals surface area contributed by atoms with Crippen LogP contribution in [0.3, 0.4) is 0 Å². The van der Waals surface area contributed by atoms with Gasteiger partial charge in [0, 0.05) is 5.92 Å². The van der Waals surface area contributed by atoms with E-state index in [0.717, 1.165) is 0 Å². The van der Waals surface area contributed by atoms with E-state index in [0.29, 0.717) is 6.61 Å². The first-order valence-electron chi connectivity index (χ1n) is 4.74. The van der Waals surface area contributed by atoms with E-state index in [1.165, 1.54) is 0 Å². The van der Waals surface area contributed by atoms with E-state index < -0.39 is 0 Å². The molecule has 0 aromatic heterocycles. The minimum atomic E-state index is -0.119. The van der Waals surface area contributed by atoms with Crippen LogP contribution in [0.2, 0.25) is 0 Å². The molecule has 2 aliphatic heterocycles. The molecule has 2 rings (SSSR count). The average molecular weight is 182 g/mol. The van der Waals surface area contributed by atoms with Gasteiger partial charge < -0.3 is 9.47 Å². The Labute approximate surface area is 77.7 Å². The van der Waals surface area contributed by atoms with E-state index in [9.17, 15) is 4.79 Å². The van der Waals surface area contributed by atoms with Gasteiger partial charge in [0.25, 0.3) is 0 Å². The Hall–Kier alpha value is -0.830. The highest BCUT2D eigenvalue weighted by Gasteiger charge is 2.47. The molecule has 0 N–H and O–H groups in total. The normalized spacial score (nSPS) is 41.1. The van der Waals surface area contributed by atoms with Gasteiger partial charge in [0.05, 0.1) is 24.7 Å². The fourth-order valence-electron chi connectivity index (χ4n) is 2.09. The number of carbonyl (C=O) groups is 1. The van der Waals surface area contributed by atoms with Gasteiger partial charge in [-0.1, -0.05) is 19.1 Å². The number of hydrogen-bond donors (Lipinski definition) is 0. The Balaban J connectivity index is 2.08. The molecule has 2 bridgehead atoms.